The Hall–Kier alpha value is -2.89. The third kappa shape index (κ3) is 2.93. The van der Waals surface area contributed by atoms with E-state index < -0.39 is 18.1 Å². The first kappa shape index (κ1) is 17.2. The monoisotopic (exact) mass is 395 g/mol. The minimum absolute atomic E-state index is 0.0466. The second-order valence-electron chi connectivity index (χ2n) is 7.27. The molecule has 148 valence electrons. The normalized spacial score (nSPS) is 20.6. The van der Waals surface area contributed by atoms with Gasteiger partial charge in [-0.05, 0) is 12.8 Å². The molecule has 0 radical (unpaired) electrons. The molecular formula is C16H16F3N7O2. The van der Waals surface area contributed by atoms with Crippen LogP contribution in [-0.4, -0.2) is 62.9 Å². The van der Waals surface area contributed by atoms with E-state index in [9.17, 15) is 18.0 Å². The number of nitrogens with one attached hydrogen (secondary N) is 3. The average Bonchev–Trinajstić information content (AvgIpc) is 3.20. The number of hydrogen-bond acceptors (Lipinski definition) is 7. The number of anilines is 3. The highest BCUT2D eigenvalue weighted by atomic mass is 19.4. The van der Waals surface area contributed by atoms with Crippen molar-refractivity contribution in [1.82, 2.24) is 25.1 Å². The van der Waals surface area contributed by atoms with E-state index in [1.165, 1.54) is 4.90 Å². The molecule has 4 heterocycles. The van der Waals surface area contributed by atoms with Crippen molar-refractivity contribution in [2.75, 3.05) is 30.3 Å². The van der Waals surface area contributed by atoms with Gasteiger partial charge in [-0.3, -0.25) is 14.8 Å². The van der Waals surface area contributed by atoms with E-state index in [1.807, 2.05) is 0 Å². The van der Waals surface area contributed by atoms with Crippen molar-refractivity contribution < 1.29 is 22.7 Å². The Morgan fingerprint density at radius 3 is 2.86 bits per heavy atom. The molecule has 1 spiro atoms. The zero-order valence-electron chi connectivity index (χ0n) is 14.5. The maximum atomic E-state index is 12.4. The van der Waals surface area contributed by atoms with Crippen LogP contribution in [0.15, 0.2) is 12.4 Å². The molecule has 2 aliphatic heterocycles. The fourth-order valence-corrected chi connectivity index (χ4v) is 3.57. The largest absolute Gasteiger partial charge is 0.469 e. The van der Waals surface area contributed by atoms with Crippen molar-refractivity contribution in [1.29, 1.82) is 0 Å². The molecule has 3 aliphatic rings. The summed E-state index contributed by atoms with van der Waals surface area (Å²) in [6.45, 7) is -0.598. The van der Waals surface area contributed by atoms with Crippen LogP contribution < -0.4 is 15.4 Å². The number of aromatic nitrogens is 4. The first-order valence-corrected chi connectivity index (χ1v) is 8.78. The van der Waals surface area contributed by atoms with E-state index in [-0.39, 0.29) is 36.9 Å². The minimum atomic E-state index is -4.22. The highest BCUT2D eigenvalue weighted by Crippen LogP contribution is 2.54. The van der Waals surface area contributed by atoms with E-state index in [2.05, 4.69) is 30.8 Å². The number of carbonyl (C=O) groups excluding carboxylic acids is 1. The van der Waals surface area contributed by atoms with Crippen molar-refractivity contribution >= 4 is 23.4 Å². The molecule has 0 aromatic carbocycles. The fourth-order valence-electron chi connectivity index (χ4n) is 3.57. The molecule has 1 saturated heterocycles. The number of nitrogens with zero attached hydrogens (tertiary/aromatic N) is 4. The topological polar surface area (TPSA) is 108 Å². The zero-order valence-corrected chi connectivity index (χ0v) is 14.5. The molecule has 12 heteroatoms. The molecule has 28 heavy (non-hydrogen) atoms. The molecule has 3 N–H and O–H groups in total. The van der Waals surface area contributed by atoms with Gasteiger partial charge >= 0.3 is 6.18 Å². The molecule has 2 aromatic heterocycles. The number of alkyl halides is 3. The summed E-state index contributed by atoms with van der Waals surface area (Å²) in [5.74, 6) is 0.932. The van der Waals surface area contributed by atoms with Crippen LogP contribution in [0.4, 0.5) is 30.6 Å². The fraction of sp³-hybridized carbons (Fsp3) is 0.500. The molecular weight excluding hydrogens is 379 g/mol. The maximum absolute atomic E-state index is 12.4. The Labute approximate surface area is 156 Å². The zero-order chi connectivity index (χ0) is 19.5. The predicted octanol–water partition coefficient (Wildman–Crippen LogP) is 1.55. The van der Waals surface area contributed by atoms with Crippen molar-refractivity contribution in [3.8, 4) is 5.88 Å². The van der Waals surface area contributed by atoms with Crippen LogP contribution in [0.1, 0.15) is 18.4 Å². The summed E-state index contributed by atoms with van der Waals surface area (Å²) in [6.07, 6.45) is 0.184. The van der Waals surface area contributed by atoms with E-state index in [1.54, 1.807) is 12.4 Å². The highest BCUT2D eigenvalue weighted by Gasteiger charge is 2.57. The average molecular weight is 395 g/mol. The van der Waals surface area contributed by atoms with Gasteiger partial charge in [0.25, 0.3) is 5.88 Å². The third-order valence-electron chi connectivity index (χ3n) is 5.18. The third-order valence-corrected chi connectivity index (χ3v) is 5.18. The van der Waals surface area contributed by atoms with E-state index in [4.69, 9.17) is 4.74 Å². The lowest BCUT2D eigenvalue weighted by Gasteiger charge is -2.38. The number of likely N-dealkylation sites (tertiary alicyclic amines) is 1. The standard InChI is InChI=1S/C16H16F3N7O2/c17-16(18,19)7-26-5-8(6-26)28-12-10(4-21-25-12)22-14-20-3-9-11(24-14)23-13(27)15(9)1-2-15/h3-4,8H,1-2,5-7H2,(H,21,25)(H2,20,22,23,24,27). The van der Waals surface area contributed by atoms with Crippen molar-refractivity contribution in [2.45, 2.75) is 30.5 Å². The molecule has 1 amide bonds. The number of halogens is 3. The van der Waals surface area contributed by atoms with Crippen LogP contribution in [0.3, 0.4) is 0 Å². The van der Waals surface area contributed by atoms with Crippen LogP contribution in [0, 0.1) is 0 Å². The molecule has 5 rings (SSSR count). The highest BCUT2D eigenvalue weighted by molar-refractivity contribution is 6.07. The second kappa shape index (κ2) is 5.80. The van der Waals surface area contributed by atoms with Crippen molar-refractivity contribution in [3.05, 3.63) is 18.0 Å². The molecule has 9 nitrogen and oxygen atoms in total. The lowest BCUT2D eigenvalue weighted by molar-refractivity contribution is -0.162. The number of amides is 1. The van der Waals surface area contributed by atoms with Crippen LogP contribution in [0.25, 0.3) is 0 Å². The number of fused-ring (bicyclic) bond motifs is 2. The van der Waals surface area contributed by atoms with Gasteiger partial charge in [-0.2, -0.15) is 18.2 Å². The van der Waals surface area contributed by atoms with Gasteiger partial charge in [0.15, 0.2) is 0 Å². The first-order valence-electron chi connectivity index (χ1n) is 8.78. The molecule has 0 atom stereocenters. The number of rotatable bonds is 5. The van der Waals surface area contributed by atoms with Crippen LogP contribution in [0.5, 0.6) is 5.88 Å². The Balaban J connectivity index is 1.23. The van der Waals surface area contributed by atoms with Gasteiger partial charge in [0.2, 0.25) is 11.9 Å². The lowest BCUT2D eigenvalue weighted by Crippen LogP contribution is -2.56. The van der Waals surface area contributed by atoms with Crippen LogP contribution in [0.2, 0.25) is 0 Å². The number of hydrogen-bond donors (Lipinski definition) is 3. The summed E-state index contributed by atoms with van der Waals surface area (Å²) in [5, 5.41) is 12.4. The number of carbonyl (C=O) groups is 1. The minimum Gasteiger partial charge on any atom is -0.469 e. The summed E-state index contributed by atoms with van der Waals surface area (Å²) in [5.41, 5.74) is 0.815. The van der Waals surface area contributed by atoms with Gasteiger partial charge < -0.3 is 15.4 Å². The SMILES string of the molecule is O=C1Nc2nc(Nc3c[nH]nc3OC3CN(CC(F)(F)F)C3)ncc2C12CC2. The van der Waals surface area contributed by atoms with Crippen molar-refractivity contribution in [2.24, 2.45) is 0 Å². The number of ether oxygens (including phenoxy) is 1. The molecule has 1 saturated carbocycles. The summed E-state index contributed by atoms with van der Waals surface area (Å²) in [6, 6.07) is 0. The summed E-state index contributed by atoms with van der Waals surface area (Å²) in [4.78, 5) is 21.9. The Kier molecular flexibility index (Phi) is 3.57. The van der Waals surface area contributed by atoms with Gasteiger partial charge in [0, 0.05) is 31.0 Å². The first-order chi connectivity index (χ1) is 13.3. The molecule has 2 fully saturated rings. The maximum Gasteiger partial charge on any atom is 0.401 e. The predicted molar refractivity (Wildman–Crippen MR) is 90.4 cm³/mol. The number of aromatic amines is 1. The van der Waals surface area contributed by atoms with E-state index >= 15 is 0 Å². The summed E-state index contributed by atoms with van der Waals surface area (Å²) < 4.78 is 42.7. The van der Waals surface area contributed by atoms with Gasteiger partial charge in [0.05, 0.1) is 12.0 Å². The molecule has 1 aliphatic carbocycles. The van der Waals surface area contributed by atoms with Gasteiger partial charge in [-0.1, -0.05) is 0 Å². The van der Waals surface area contributed by atoms with Gasteiger partial charge in [0.1, 0.15) is 17.6 Å². The summed E-state index contributed by atoms with van der Waals surface area (Å²) in [7, 11) is 0. The smallest absolute Gasteiger partial charge is 0.401 e. The second-order valence-corrected chi connectivity index (χ2v) is 7.27. The van der Waals surface area contributed by atoms with Gasteiger partial charge in [-0.25, -0.2) is 4.98 Å². The van der Waals surface area contributed by atoms with Gasteiger partial charge in [-0.15, -0.1) is 5.10 Å². The van der Waals surface area contributed by atoms with Crippen LogP contribution in [-0.2, 0) is 10.2 Å². The molecule has 0 bridgehead atoms. The molecule has 0 unspecified atom stereocenters. The Bertz CT molecular complexity index is 935. The van der Waals surface area contributed by atoms with Crippen molar-refractivity contribution in [3.63, 3.8) is 0 Å². The lowest BCUT2D eigenvalue weighted by atomic mass is 10.0. The molecule has 2 aromatic rings. The van der Waals surface area contributed by atoms with E-state index in [0.29, 0.717) is 11.5 Å². The quantitative estimate of drug-likeness (QED) is 0.705. The summed E-state index contributed by atoms with van der Waals surface area (Å²) >= 11 is 0. The number of H-pyrrole nitrogens is 1. The van der Waals surface area contributed by atoms with E-state index in [0.717, 1.165) is 18.4 Å². The van der Waals surface area contributed by atoms with Crippen LogP contribution >= 0.6 is 0 Å². The Morgan fingerprint density at radius 1 is 1.36 bits per heavy atom. The Morgan fingerprint density at radius 2 is 2.14 bits per heavy atom.